The van der Waals surface area contributed by atoms with Gasteiger partial charge >= 0.3 is 6.09 Å². The first-order valence-electron chi connectivity index (χ1n) is 18.8. The maximum absolute atomic E-state index is 14.6. The molecular formula is C38H48N6O8S2. The summed E-state index contributed by atoms with van der Waals surface area (Å²) in [5.41, 5.74) is -1.13. The predicted molar refractivity (Wildman–Crippen MR) is 200 cm³/mol. The summed E-state index contributed by atoms with van der Waals surface area (Å²) in [5, 5.41) is 7.47. The van der Waals surface area contributed by atoms with Crippen molar-refractivity contribution in [2.45, 2.75) is 101 Å². The average molecular weight is 781 g/mol. The molecule has 4 heterocycles. The summed E-state index contributed by atoms with van der Waals surface area (Å²) in [4.78, 5) is 77.5. The van der Waals surface area contributed by atoms with Gasteiger partial charge < -0.3 is 25.2 Å². The SMILES string of the molecule is CC(C)(C)OC(=O)N[C@@H]1CCCCC/C=C\[C@@H]2C[C@@]2(C(=O)NS(=O)(=O)C2CC2)NC(=O)[C@@H]2[C@H]3CN(C(=O)c4csc(-c5ccccc5)n4)C[C@H]3CN2C1=O. The zero-order chi connectivity index (χ0) is 38.4. The molecule has 14 nitrogen and oxygen atoms in total. The zero-order valence-electron chi connectivity index (χ0n) is 30.8. The third-order valence-electron chi connectivity index (χ3n) is 10.9. The second-order valence-corrected chi connectivity index (χ2v) is 19.0. The van der Waals surface area contributed by atoms with Gasteiger partial charge in [-0.25, -0.2) is 18.2 Å². The van der Waals surface area contributed by atoms with Crippen molar-refractivity contribution in [3.05, 3.63) is 53.6 Å². The lowest BCUT2D eigenvalue weighted by atomic mass is 9.93. The average Bonchev–Trinajstić information content (AvgIpc) is 3.93. The Hall–Kier alpha value is -4.31. The Bertz CT molecular complexity index is 1940. The molecular weight excluding hydrogens is 733 g/mol. The Labute approximate surface area is 319 Å². The number of alkyl carbamates (subject to hydrolysis) is 1. The molecule has 0 bridgehead atoms. The van der Waals surface area contributed by atoms with Gasteiger partial charge in [0.05, 0.1) is 5.25 Å². The topological polar surface area (TPSA) is 184 Å². The molecule has 1 aromatic carbocycles. The summed E-state index contributed by atoms with van der Waals surface area (Å²) in [7, 11) is -3.90. The minimum atomic E-state index is -3.90. The standard InChI is InChI=1S/C38H48N6O8S2/c1-37(2,3)52-36(49)40-28-15-11-6-4-5-10-14-25-18-38(25,35(48)42-54(50,51)26-16-17-26)41-31(45)30-27-21-43(19-24(27)20-44(30)34(28)47)33(46)29-22-53-32(39-29)23-12-8-7-9-13-23/h7-10,12-14,22,24-28,30H,4-6,11,15-21H2,1-3H3,(H,40,49)(H,41,45)(H,42,48)/b14-10-/t24-,25+,27-,28+,30-,38+/m0/s1. The van der Waals surface area contributed by atoms with Crippen LogP contribution in [-0.2, 0) is 29.1 Å². The largest absolute Gasteiger partial charge is 0.444 e. The molecule has 54 heavy (non-hydrogen) atoms. The van der Waals surface area contributed by atoms with E-state index in [2.05, 4.69) is 20.3 Å². The monoisotopic (exact) mass is 780 g/mol. The minimum Gasteiger partial charge on any atom is -0.444 e. The molecule has 2 saturated carbocycles. The third kappa shape index (κ3) is 8.04. The minimum absolute atomic E-state index is 0.142. The molecule has 0 spiro atoms. The highest BCUT2D eigenvalue weighted by Gasteiger charge is 2.63. The smallest absolute Gasteiger partial charge is 0.408 e. The van der Waals surface area contributed by atoms with Gasteiger partial charge in [0.15, 0.2) is 0 Å². The number of carbonyl (C=O) groups is 5. The molecule has 0 unspecified atom stereocenters. The van der Waals surface area contributed by atoms with E-state index >= 15 is 0 Å². The first-order chi connectivity index (χ1) is 25.6. The molecule has 16 heteroatoms. The number of carbonyl (C=O) groups excluding carboxylic acids is 5. The molecule has 2 aliphatic carbocycles. The number of amides is 5. The number of sulfonamides is 1. The number of hydrogen-bond acceptors (Lipinski definition) is 10. The van der Waals surface area contributed by atoms with Crippen molar-refractivity contribution in [2.24, 2.45) is 17.8 Å². The summed E-state index contributed by atoms with van der Waals surface area (Å²) in [6.07, 6.45) is 7.42. The number of hydrogen-bond donors (Lipinski definition) is 3. The van der Waals surface area contributed by atoms with Crippen LogP contribution in [0.15, 0.2) is 47.9 Å². The molecule has 7 rings (SSSR count). The van der Waals surface area contributed by atoms with Crippen LogP contribution in [0.2, 0.25) is 0 Å². The van der Waals surface area contributed by atoms with Gasteiger partial charge in [-0.2, -0.15) is 0 Å². The molecule has 3 N–H and O–H groups in total. The molecule has 2 saturated heterocycles. The van der Waals surface area contributed by atoms with Crippen molar-refractivity contribution in [2.75, 3.05) is 19.6 Å². The van der Waals surface area contributed by atoms with Crippen LogP contribution in [0.4, 0.5) is 4.79 Å². The van der Waals surface area contributed by atoms with Gasteiger partial charge in [0.2, 0.25) is 21.8 Å². The third-order valence-corrected chi connectivity index (χ3v) is 13.6. The molecule has 2 aromatic rings. The van der Waals surface area contributed by atoms with Gasteiger partial charge in [-0.1, -0.05) is 55.3 Å². The van der Waals surface area contributed by atoms with Gasteiger partial charge in [0.25, 0.3) is 11.8 Å². The van der Waals surface area contributed by atoms with Crippen LogP contribution in [0.25, 0.3) is 10.6 Å². The number of fused-ring (bicyclic) bond motifs is 4. The Morgan fingerprint density at radius 2 is 1.78 bits per heavy atom. The molecule has 0 radical (unpaired) electrons. The molecule has 5 aliphatic rings. The van der Waals surface area contributed by atoms with Crippen molar-refractivity contribution in [1.29, 1.82) is 0 Å². The maximum Gasteiger partial charge on any atom is 0.408 e. The van der Waals surface area contributed by atoms with E-state index in [9.17, 15) is 32.4 Å². The summed E-state index contributed by atoms with van der Waals surface area (Å²) in [5.74, 6) is -3.34. The van der Waals surface area contributed by atoms with Crippen LogP contribution in [-0.4, -0.2) is 101 Å². The fourth-order valence-corrected chi connectivity index (χ4v) is 10.1. The lowest BCUT2D eigenvalue weighted by Gasteiger charge is -2.33. The first-order valence-corrected chi connectivity index (χ1v) is 21.2. The summed E-state index contributed by atoms with van der Waals surface area (Å²) in [6.45, 7) is 5.77. The molecule has 6 atom stereocenters. The van der Waals surface area contributed by atoms with Gasteiger partial charge in [-0.05, 0) is 59.3 Å². The molecule has 290 valence electrons. The van der Waals surface area contributed by atoms with E-state index in [1.54, 1.807) is 31.1 Å². The van der Waals surface area contributed by atoms with E-state index < -0.39 is 74.1 Å². The number of ether oxygens (including phenoxy) is 1. The Balaban J connectivity index is 1.17. The van der Waals surface area contributed by atoms with Crippen molar-refractivity contribution in [1.82, 2.24) is 30.1 Å². The van der Waals surface area contributed by atoms with Gasteiger partial charge in [0, 0.05) is 48.3 Å². The van der Waals surface area contributed by atoms with Gasteiger partial charge in [0.1, 0.15) is 33.9 Å². The Kier molecular flexibility index (Phi) is 10.4. The highest BCUT2D eigenvalue weighted by Crippen LogP contribution is 2.47. The number of rotatable bonds is 6. The number of allylic oxidation sites excluding steroid dienone is 1. The number of aromatic nitrogens is 1. The van der Waals surface area contributed by atoms with Crippen LogP contribution in [0, 0.1) is 17.8 Å². The number of nitrogens with zero attached hydrogens (tertiary/aromatic N) is 3. The van der Waals surface area contributed by atoms with E-state index in [0.29, 0.717) is 42.8 Å². The lowest BCUT2D eigenvalue weighted by molar-refractivity contribution is -0.142. The van der Waals surface area contributed by atoms with Crippen molar-refractivity contribution in [3.8, 4) is 10.6 Å². The van der Waals surface area contributed by atoms with E-state index in [1.807, 2.05) is 42.5 Å². The summed E-state index contributed by atoms with van der Waals surface area (Å²) >= 11 is 1.37. The highest BCUT2D eigenvalue weighted by atomic mass is 32.2. The van der Waals surface area contributed by atoms with E-state index in [1.165, 1.54) is 16.2 Å². The normalized spacial score (nSPS) is 29.4. The number of thiazole rings is 1. The van der Waals surface area contributed by atoms with E-state index in [0.717, 1.165) is 18.4 Å². The van der Waals surface area contributed by atoms with Gasteiger partial charge in [-0.15, -0.1) is 11.3 Å². The Morgan fingerprint density at radius 1 is 1.02 bits per heavy atom. The van der Waals surface area contributed by atoms with Crippen LogP contribution in [0.5, 0.6) is 0 Å². The summed E-state index contributed by atoms with van der Waals surface area (Å²) in [6, 6.07) is 7.48. The molecule has 4 fully saturated rings. The van der Waals surface area contributed by atoms with Gasteiger partial charge in [-0.3, -0.25) is 23.9 Å². The maximum atomic E-state index is 14.6. The van der Waals surface area contributed by atoms with Crippen molar-refractivity contribution in [3.63, 3.8) is 0 Å². The molecule has 1 aromatic heterocycles. The van der Waals surface area contributed by atoms with Crippen LogP contribution >= 0.6 is 11.3 Å². The second-order valence-electron chi connectivity index (χ2n) is 16.2. The molecule has 3 aliphatic heterocycles. The number of nitrogens with one attached hydrogen (secondary N) is 3. The van der Waals surface area contributed by atoms with E-state index in [-0.39, 0.29) is 37.9 Å². The van der Waals surface area contributed by atoms with E-state index in [4.69, 9.17) is 4.74 Å². The summed E-state index contributed by atoms with van der Waals surface area (Å²) < 4.78 is 33.5. The zero-order valence-corrected chi connectivity index (χ0v) is 32.4. The molecule has 5 amide bonds. The lowest BCUT2D eigenvalue weighted by Crippen LogP contribution is -2.60. The fraction of sp³-hybridized carbons (Fsp3) is 0.579. The van der Waals surface area contributed by atoms with Crippen LogP contribution in [0.1, 0.15) is 82.6 Å². The predicted octanol–water partition coefficient (Wildman–Crippen LogP) is 3.61. The fourth-order valence-electron chi connectivity index (χ4n) is 7.93. The van der Waals surface area contributed by atoms with Crippen LogP contribution < -0.4 is 15.4 Å². The number of likely N-dealkylation sites (tertiary alicyclic amines) is 1. The first kappa shape index (κ1) is 38.0. The quantitative estimate of drug-likeness (QED) is 0.369. The highest BCUT2D eigenvalue weighted by molar-refractivity contribution is 7.91. The number of benzene rings is 1. The van der Waals surface area contributed by atoms with Crippen molar-refractivity contribution >= 4 is 51.1 Å². The van der Waals surface area contributed by atoms with Crippen LogP contribution in [0.3, 0.4) is 0 Å². The Morgan fingerprint density at radius 3 is 2.50 bits per heavy atom. The van der Waals surface area contributed by atoms with Crippen molar-refractivity contribution < 1.29 is 37.1 Å². The second kappa shape index (κ2) is 14.7.